The highest BCUT2D eigenvalue weighted by molar-refractivity contribution is 7.13. The second-order valence-corrected chi connectivity index (χ2v) is 5.30. The monoisotopic (exact) mass is 298 g/mol. The van der Waals surface area contributed by atoms with Gasteiger partial charge >= 0.3 is 0 Å². The van der Waals surface area contributed by atoms with Crippen LogP contribution in [-0.2, 0) is 6.42 Å². The molecule has 3 aromatic rings. The largest absolute Gasteiger partial charge is 0.294 e. The van der Waals surface area contributed by atoms with Crippen LogP contribution in [0.3, 0.4) is 0 Å². The summed E-state index contributed by atoms with van der Waals surface area (Å²) in [6.45, 7) is 0. The Hall–Kier alpha value is -2.40. The quantitative estimate of drug-likeness (QED) is 0.689. The molecule has 2 heterocycles. The van der Waals surface area contributed by atoms with Crippen molar-refractivity contribution in [2.24, 2.45) is 0 Å². The maximum Gasteiger partial charge on any atom is 0.168 e. The molecular weight excluding hydrogens is 287 g/mol. The van der Waals surface area contributed by atoms with E-state index >= 15 is 0 Å². The molecule has 0 spiro atoms. The zero-order valence-electron chi connectivity index (χ0n) is 11.0. The Kier molecular flexibility index (Phi) is 3.83. The van der Waals surface area contributed by atoms with E-state index in [1.54, 1.807) is 17.5 Å². The number of hydrogen-bond acceptors (Lipinski definition) is 4. The molecule has 0 atom stereocenters. The summed E-state index contributed by atoms with van der Waals surface area (Å²) in [6, 6.07) is 11.9. The van der Waals surface area contributed by atoms with E-state index in [4.69, 9.17) is 0 Å². The molecule has 2 aromatic heterocycles. The number of Topliss-reactive ketones (excluding diaryl/α,β-unsaturated/α-hetero) is 1. The third kappa shape index (κ3) is 3.03. The molecule has 0 N–H and O–H groups in total. The van der Waals surface area contributed by atoms with E-state index in [-0.39, 0.29) is 17.9 Å². The molecule has 0 aliphatic heterocycles. The Balaban J connectivity index is 1.80. The van der Waals surface area contributed by atoms with Crippen molar-refractivity contribution in [2.75, 3.05) is 0 Å². The number of aromatic nitrogens is 2. The molecule has 0 saturated carbocycles. The molecule has 3 rings (SSSR count). The summed E-state index contributed by atoms with van der Waals surface area (Å²) in [5.74, 6) is -0.415. The van der Waals surface area contributed by atoms with Crippen LogP contribution in [0, 0.1) is 5.82 Å². The van der Waals surface area contributed by atoms with Gasteiger partial charge in [0.05, 0.1) is 12.1 Å². The average molecular weight is 298 g/mol. The average Bonchev–Trinajstić information content (AvgIpc) is 2.97. The summed E-state index contributed by atoms with van der Waals surface area (Å²) in [4.78, 5) is 20.4. The van der Waals surface area contributed by atoms with Crippen LogP contribution in [-0.4, -0.2) is 15.8 Å². The highest BCUT2D eigenvalue weighted by atomic mass is 32.1. The van der Waals surface area contributed by atoms with Crippen molar-refractivity contribution < 1.29 is 9.18 Å². The second kappa shape index (κ2) is 5.93. The number of halogens is 1. The number of thiazole rings is 1. The van der Waals surface area contributed by atoms with Gasteiger partial charge < -0.3 is 0 Å². The van der Waals surface area contributed by atoms with Gasteiger partial charge in [0.15, 0.2) is 11.6 Å². The van der Waals surface area contributed by atoms with Crippen molar-refractivity contribution in [1.82, 2.24) is 9.97 Å². The molecule has 0 aliphatic rings. The normalized spacial score (nSPS) is 10.5. The van der Waals surface area contributed by atoms with Gasteiger partial charge in [0.2, 0.25) is 0 Å². The van der Waals surface area contributed by atoms with Crippen molar-refractivity contribution in [3.05, 3.63) is 71.1 Å². The van der Waals surface area contributed by atoms with Crippen LogP contribution in [0.15, 0.2) is 54.0 Å². The van der Waals surface area contributed by atoms with Gasteiger partial charge in [0.25, 0.3) is 0 Å². The number of rotatable bonds is 4. The number of benzene rings is 1. The fourth-order valence-electron chi connectivity index (χ4n) is 1.93. The molecule has 5 heteroatoms. The summed E-state index contributed by atoms with van der Waals surface area (Å²) in [5.41, 5.74) is 1.51. The first-order valence-electron chi connectivity index (χ1n) is 6.37. The van der Waals surface area contributed by atoms with E-state index in [1.807, 2.05) is 18.2 Å². The molecule has 0 radical (unpaired) electrons. The van der Waals surface area contributed by atoms with Crippen LogP contribution in [0.1, 0.15) is 16.1 Å². The number of hydrogen-bond donors (Lipinski definition) is 0. The van der Waals surface area contributed by atoms with E-state index in [9.17, 15) is 9.18 Å². The number of ketones is 1. The smallest absolute Gasteiger partial charge is 0.168 e. The Morgan fingerprint density at radius 3 is 2.71 bits per heavy atom. The molecule has 21 heavy (non-hydrogen) atoms. The van der Waals surface area contributed by atoms with Crippen LogP contribution in [0.4, 0.5) is 4.39 Å². The first-order chi connectivity index (χ1) is 10.2. The zero-order chi connectivity index (χ0) is 14.7. The Bertz CT molecular complexity index is 771. The van der Waals surface area contributed by atoms with Gasteiger partial charge in [-0.3, -0.25) is 9.78 Å². The summed E-state index contributed by atoms with van der Waals surface area (Å²) < 4.78 is 13.6. The molecule has 0 saturated heterocycles. The van der Waals surface area contributed by atoms with Crippen LogP contribution >= 0.6 is 11.3 Å². The predicted octanol–water partition coefficient (Wildman–Crippen LogP) is 3.77. The zero-order valence-corrected chi connectivity index (χ0v) is 11.8. The van der Waals surface area contributed by atoms with Crippen LogP contribution < -0.4 is 0 Å². The van der Waals surface area contributed by atoms with Gasteiger partial charge in [-0.1, -0.05) is 30.3 Å². The lowest BCUT2D eigenvalue weighted by Gasteiger charge is -1.98. The van der Waals surface area contributed by atoms with E-state index < -0.39 is 5.82 Å². The lowest BCUT2D eigenvalue weighted by atomic mass is 10.1. The number of carbonyl (C=O) groups is 1. The maximum absolute atomic E-state index is 13.6. The number of pyridine rings is 1. The van der Waals surface area contributed by atoms with Gasteiger partial charge in [-0.15, -0.1) is 11.3 Å². The van der Waals surface area contributed by atoms with Crippen LogP contribution in [0.25, 0.3) is 10.7 Å². The molecular formula is C16H11FN2OS. The minimum atomic E-state index is -0.409. The minimum Gasteiger partial charge on any atom is -0.294 e. The van der Waals surface area contributed by atoms with Crippen molar-refractivity contribution >= 4 is 17.1 Å². The molecule has 0 bridgehead atoms. The Labute approximate surface area is 125 Å². The van der Waals surface area contributed by atoms with Gasteiger partial charge in [-0.05, 0) is 12.1 Å². The third-order valence-electron chi connectivity index (χ3n) is 2.95. The minimum absolute atomic E-state index is 0.00561. The molecule has 1 aromatic carbocycles. The molecule has 0 aliphatic carbocycles. The topological polar surface area (TPSA) is 42.9 Å². The van der Waals surface area contributed by atoms with Crippen LogP contribution in [0.2, 0.25) is 0 Å². The van der Waals surface area contributed by atoms with Gasteiger partial charge in [0, 0.05) is 17.1 Å². The van der Waals surface area contributed by atoms with Gasteiger partial charge in [-0.2, -0.15) is 0 Å². The highest BCUT2D eigenvalue weighted by Crippen LogP contribution is 2.24. The summed E-state index contributed by atoms with van der Waals surface area (Å²) in [6.07, 6.45) is 1.73. The molecule has 3 nitrogen and oxygen atoms in total. The second-order valence-electron chi connectivity index (χ2n) is 4.44. The van der Waals surface area contributed by atoms with Crippen molar-refractivity contribution in [2.45, 2.75) is 6.42 Å². The summed E-state index contributed by atoms with van der Waals surface area (Å²) >= 11 is 1.29. The van der Waals surface area contributed by atoms with E-state index in [1.165, 1.54) is 29.7 Å². The molecule has 0 fully saturated rings. The Morgan fingerprint density at radius 1 is 1.14 bits per heavy atom. The molecule has 0 unspecified atom stereocenters. The standard InChI is InChI=1S/C16H11FN2OS/c17-13-7-4-8-18-15(13)16-19-12(10-21-16)9-14(20)11-5-2-1-3-6-11/h1-8,10H,9H2. The maximum atomic E-state index is 13.6. The SMILES string of the molecule is O=C(Cc1csc(-c2ncccc2F)n1)c1ccccc1. The van der Waals surface area contributed by atoms with Crippen molar-refractivity contribution in [3.63, 3.8) is 0 Å². The third-order valence-corrected chi connectivity index (χ3v) is 3.85. The fourth-order valence-corrected chi connectivity index (χ4v) is 2.75. The molecule has 0 amide bonds. The Morgan fingerprint density at radius 2 is 1.95 bits per heavy atom. The summed E-state index contributed by atoms with van der Waals surface area (Å²) in [7, 11) is 0. The van der Waals surface area contributed by atoms with Gasteiger partial charge in [-0.25, -0.2) is 9.37 Å². The lowest BCUT2D eigenvalue weighted by Crippen LogP contribution is -2.03. The highest BCUT2D eigenvalue weighted by Gasteiger charge is 2.13. The first kappa shape index (κ1) is 13.6. The first-order valence-corrected chi connectivity index (χ1v) is 7.25. The van der Waals surface area contributed by atoms with E-state index in [2.05, 4.69) is 9.97 Å². The predicted molar refractivity (Wildman–Crippen MR) is 79.8 cm³/mol. The van der Waals surface area contributed by atoms with Crippen molar-refractivity contribution in [1.29, 1.82) is 0 Å². The fraction of sp³-hybridized carbons (Fsp3) is 0.0625. The lowest BCUT2D eigenvalue weighted by molar-refractivity contribution is 0.0992. The molecule has 104 valence electrons. The van der Waals surface area contributed by atoms with Crippen LogP contribution in [0.5, 0.6) is 0 Å². The number of nitrogens with zero attached hydrogens (tertiary/aromatic N) is 2. The van der Waals surface area contributed by atoms with Gasteiger partial charge in [0.1, 0.15) is 10.7 Å². The number of carbonyl (C=O) groups excluding carboxylic acids is 1. The van der Waals surface area contributed by atoms with E-state index in [0.29, 0.717) is 16.3 Å². The summed E-state index contributed by atoms with van der Waals surface area (Å²) in [5, 5.41) is 2.26. The van der Waals surface area contributed by atoms with E-state index in [0.717, 1.165) is 0 Å². The van der Waals surface area contributed by atoms with Crippen molar-refractivity contribution in [3.8, 4) is 10.7 Å².